The summed E-state index contributed by atoms with van der Waals surface area (Å²) in [5.74, 6) is -0.693. The lowest BCUT2D eigenvalue weighted by atomic mass is 9.93. The number of aliphatic hydroxyl groups excluding tert-OH is 2. The van der Waals surface area contributed by atoms with Gasteiger partial charge in [0, 0.05) is 36.7 Å². The molecule has 1 fully saturated rings. The van der Waals surface area contributed by atoms with Crippen LogP contribution < -0.4 is 4.74 Å². The van der Waals surface area contributed by atoms with Crippen LogP contribution in [0.2, 0.25) is 0 Å². The van der Waals surface area contributed by atoms with Gasteiger partial charge in [0.1, 0.15) is 5.75 Å². The van der Waals surface area contributed by atoms with E-state index in [-0.39, 0.29) is 24.2 Å². The zero-order chi connectivity index (χ0) is 23.8. The molecular formula is C22H21F3N4O4. The van der Waals surface area contributed by atoms with Crippen molar-refractivity contribution in [3.05, 3.63) is 59.9 Å². The number of likely N-dealkylation sites (tertiary alicyclic amines) is 1. The van der Waals surface area contributed by atoms with E-state index in [1.54, 1.807) is 17.9 Å². The highest BCUT2D eigenvalue weighted by atomic mass is 19.4. The van der Waals surface area contributed by atoms with Gasteiger partial charge in [-0.05, 0) is 42.8 Å². The highest BCUT2D eigenvalue weighted by molar-refractivity contribution is 5.89. The molecule has 3 heterocycles. The van der Waals surface area contributed by atoms with Crippen molar-refractivity contribution in [1.82, 2.24) is 19.7 Å². The molecule has 1 amide bonds. The molecule has 174 valence electrons. The highest BCUT2D eigenvalue weighted by Crippen LogP contribution is 2.34. The predicted molar refractivity (Wildman–Crippen MR) is 112 cm³/mol. The van der Waals surface area contributed by atoms with Gasteiger partial charge in [0.05, 0.1) is 24.1 Å². The number of alkyl halides is 3. The molecule has 8 nitrogen and oxygen atoms in total. The molecule has 0 aliphatic carbocycles. The number of fused-ring (bicyclic) bond motifs is 1. The summed E-state index contributed by atoms with van der Waals surface area (Å²) in [6.07, 6.45) is -1.27. The normalized spacial score (nSPS) is 15.8. The summed E-state index contributed by atoms with van der Waals surface area (Å²) >= 11 is 0. The number of pyridine rings is 1. The monoisotopic (exact) mass is 462 g/mol. The molecule has 33 heavy (non-hydrogen) atoms. The number of nitrogens with zero attached hydrogens (tertiary/aromatic N) is 4. The minimum atomic E-state index is -4.79. The molecule has 3 aromatic rings. The van der Waals surface area contributed by atoms with Gasteiger partial charge in [-0.25, -0.2) is 9.67 Å². The summed E-state index contributed by atoms with van der Waals surface area (Å²) in [7, 11) is 0. The van der Waals surface area contributed by atoms with E-state index >= 15 is 0 Å². The van der Waals surface area contributed by atoms with E-state index in [1.807, 2.05) is 0 Å². The number of aromatic nitrogens is 3. The van der Waals surface area contributed by atoms with Crippen LogP contribution in [0.15, 0.2) is 48.7 Å². The standard InChI is InChI=1S/C22H21F3N4O4/c1-13(31)2-7-18(32)28-10-15(11-28)20-19-14(12-30)8-9-26-21(19)29(27-20)16-3-5-17(6-4-16)33-22(23,24)25/h2-9,13,15,30-31H,10-12H2,1H3/b7-2+. The SMILES string of the molecule is CC(O)/C=C/C(=O)N1CC(c2nn(-c3ccc(OC(F)(F)F)cc3)c3nccc(CO)c23)C1. The van der Waals surface area contributed by atoms with Crippen LogP contribution in [0.1, 0.15) is 24.1 Å². The third-order valence-electron chi connectivity index (χ3n) is 5.26. The van der Waals surface area contributed by atoms with Crippen LogP contribution in [-0.2, 0) is 11.4 Å². The summed E-state index contributed by atoms with van der Waals surface area (Å²) in [6.45, 7) is 2.09. The first kappa shape index (κ1) is 22.7. The van der Waals surface area contributed by atoms with Crippen LogP contribution in [0.4, 0.5) is 13.2 Å². The number of hydrogen-bond acceptors (Lipinski definition) is 6. The molecule has 2 N–H and O–H groups in total. The first-order chi connectivity index (χ1) is 15.7. The Morgan fingerprint density at radius 3 is 2.58 bits per heavy atom. The third-order valence-corrected chi connectivity index (χ3v) is 5.26. The Labute approximate surface area is 186 Å². The molecule has 1 unspecified atom stereocenters. The summed E-state index contributed by atoms with van der Waals surface area (Å²) in [5.41, 5.74) is 2.16. The van der Waals surface area contributed by atoms with Crippen molar-refractivity contribution >= 4 is 16.9 Å². The van der Waals surface area contributed by atoms with E-state index in [2.05, 4.69) is 14.8 Å². The number of ether oxygens (including phenoxy) is 1. The number of amides is 1. The first-order valence-electron chi connectivity index (χ1n) is 10.1. The lowest BCUT2D eigenvalue weighted by Gasteiger charge is -2.38. The second-order valence-corrected chi connectivity index (χ2v) is 7.71. The fourth-order valence-corrected chi connectivity index (χ4v) is 3.68. The van der Waals surface area contributed by atoms with Gasteiger partial charge in [-0.2, -0.15) is 5.10 Å². The van der Waals surface area contributed by atoms with E-state index in [4.69, 9.17) is 0 Å². The van der Waals surface area contributed by atoms with Crippen LogP contribution in [-0.4, -0.2) is 61.3 Å². The first-order valence-corrected chi connectivity index (χ1v) is 10.1. The zero-order valence-corrected chi connectivity index (χ0v) is 17.5. The lowest BCUT2D eigenvalue weighted by molar-refractivity contribution is -0.274. The maximum Gasteiger partial charge on any atom is 0.573 e. The molecule has 0 spiro atoms. The van der Waals surface area contributed by atoms with Crippen molar-refractivity contribution in [2.45, 2.75) is 31.9 Å². The topological polar surface area (TPSA) is 101 Å². The van der Waals surface area contributed by atoms with Gasteiger partial charge in [-0.1, -0.05) is 6.08 Å². The molecule has 4 rings (SSSR count). The quantitative estimate of drug-likeness (QED) is 0.547. The Bertz CT molecular complexity index is 1180. The van der Waals surface area contributed by atoms with E-state index in [9.17, 15) is 28.2 Å². The van der Waals surface area contributed by atoms with Crippen molar-refractivity contribution < 1.29 is 32.9 Å². The Morgan fingerprint density at radius 1 is 1.27 bits per heavy atom. The summed E-state index contributed by atoms with van der Waals surface area (Å²) < 4.78 is 42.8. The highest BCUT2D eigenvalue weighted by Gasteiger charge is 2.35. The second-order valence-electron chi connectivity index (χ2n) is 7.71. The summed E-state index contributed by atoms with van der Waals surface area (Å²) in [6, 6.07) is 6.91. The van der Waals surface area contributed by atoms with Gasteiger partial charge in [-0.15, -0.1) is 13.2 Å². The number of rotatable bonds is 6. The van der Waals surface area contributed by atoms with Crippen LogP contribution in [0, 0.1) is 0 Å². The summed E-state index contributed by atoms with van der Waals surface area (Å²) in [4.78, 5) is 18.2. The largest absolute Gasteiger partial charge is 0.573 e. The summed E-state index contributed by atoms with van der Waals surface area (Å²) in [5, 5.41) is 24.4. The predicted octanol–water partition coefficient (Wildman–Crippen LogP) is 2.67. The van der Waals surface area contributed by atoms with Gasteiger partial charge in [-0.3, -0.25) is 4.79 Å². The van der Waals surface area contributed by atoms with Crippen LogP contribution in [0.25, 0.3) is 16.7 Å². The minimum absolute atomic E-state index is 0.111. The van der Waals surface area contributed by atoms with Gasteiger partial charge in [0.15, 0.2) is 5.65 Å². The van der Waals surface area contributed by atoms with Crippen molar-refractivity contribution in [2.24, 2.45) is 0 Å². The number of aliphatic hydroxyl groups is 2. The maximum absolute atomic E-state index is 12.5. The van der Waals surface area contributed by atoms with E-state index in [0.717, 1.165) is 0 Å². The molecule has 11 heteroatoms. The average Bonchev–Trinajstić information content (AvgIpc) is 3.10. The Kier molecular flexibility index (Phi) is 6.09. The maximum atomic E-state index is 12.5. The Hall–Kier alpha value is -3.44. The molecule has 1 aliphatic heterocycles. The molecule has 0 bridgehead atoms. The molecule has 0 saturated carbocycles. The van der Waals surface area contributed by atoms with Crippen molar-refractivity contribution in [3.63, 3.8) is 0 Å². The van der Waals surface area contributed by atoms with Gasteiger partial charge in [0.25, 0.3) is 0 Å². The van der Waals surface area contributed by atoms with Crippen molar-refractivity contribution in [1.29, 1.82) is 0 Å². The molecule has 1 aromatic carbocycles. The Morgan fingerprint density at radius 2 is 1.97 bits per heavy atom. The number of halogens is 3. The number of carbonyl (C=O) groups excluding carboxylic acids is 1. The molecule has 0 radical (unpaired) electrons. The smallest absolute Gasteiger partial charge is 0.406 e. The van der Waals surface area contributed by atoms with Crippen molar-refractivity contribution in [3.8, 4) is 11.4 Å². The number of hydrogen-bond donors (Lipinski definition) is 2. The molecule has 1 saturated heterocycles. The van der Waals surface area contributed by atoms with E-state index in [1.165, 1.54) is 47.3 Å². The minimum Gasteiger partial charge on any atom is -0.406 e. The fourth-order valence-electron chi connectivity index (χ4n) is 3.68. The molecule has 1 atom stereocenters. The van der Waals surface area contributed by atoms with Gasteiger partial charge in [0.2, 0.25) is 5.91 Å². The average molecular weight is 462 g/mol. The Balaban J connectivity index is 1.65. The van der Waals surface area contributed by atoms with E-state index in [0.29, 0.717) is 41.1 Å². The molecule has 1 aliphatic rings. The van der Waals surface area contributed by atoms with Crippen molar-refractivity contribution in [2.75, 3.05) is 13.1 Å². The zero-order valence-electron chi connectivity index (χ0n) is 17.5. The van der Waals surface area contributed by atoms with E-state index < -0.39 is 12.5 Å². The van der Waals surface area contributed by atoms with Gasteiger partial charge < -0.3 is 19.8 Å². The van der Waals surface area contributed by atoms with Crippen LogP contribution >= 0.6 is 0 Å². The van der Waals surface area contributed by atoms with Gasteiger partial charge >= 0.3 is 6.36 Å². The number of carbonyl (C=O) groups is 1. The van der Waals surface area contributed by atoms with Crippen LogP contribution in [0.3, 0.4) is 0 Å². The number of benzene rings is 1. The lowest BCUT2D eigenvalue weighted by Crippen LogP contribution is -2.48. The molecular weight excluding hydrogens is 441 g/mol. The molecule has 2 aromatic heterocycles. The second kappa shape index (κ2) is 8.83. The fraction of sp³-hybridized carbons (Fsp3) is 0.318. The third kappa shape index (κ3) is 4.83. The van der Waals surface area contributed by atoms with Crippen LogP contribution in [0.5, 0.6) is 5.75 Å².